The highest BCUT2D eigenvalue weighted by atomic mass is 16.5. The van der Waals surface area contributed by atoms with Gasteiger partial charge in [0.25, 0.3) is 5.91 Å². The van der Waals surface area contributed by atoms with Crippen molar-refractivity contribution in [2.75, 3.05) is 27.8 Å². The van der Waals surface area contributed by atoms with E-state index in [9.17, 15) is 9.59 Å². The maximum Gasteiger partial charge on any atom is 0.338 e. The van der Waals surface area contributed by atoms with Crippen LogP contribution in [0.1, 0.15) is 10.4 Å². The van der Waals surface area contributed by atoms with Crippen LogP contribution in [0, 0.1) is 0 Å². The molecule has 0 aliphatic rings. The fourth-order valence-corrected chi connectivity index (χ4v) is 1.07. The minimum atomic E-state index is -0.525. The normalized spacial score (nSPS) is 9.59. The Labute approximate surface area is 99.9 Å². The summed E-state index contributed by atoms with van der Waals surface area (Å²) in [7, 11) is 4.75. The lowest BCUT2D eigenvalue weighted by Crippen LogP contribution is -2.27. The van der Waals surface area contributed by atoms with Gasteiger partial charge in [-0.05, 0) is 24.3 Å². The maximum absolute atomic E-state index is 11.5. The average Bonchev–Trinajstić information content (AvgIpc) is 2.35. The Morgan fingerprint density at radius 1 is 1.18 bits per heavy atom. The number of ether oxygens (including phenoxy) is 2. The maximum atomic E-state index is 11.5. The van der Waals surface area contributed by atoms with E-state index < -0.39 is 5.97 Å². The van der Waals surface area contributed by atoms with E-state index in [1.165, 1.54) is 4.90 Å². The van der Waals surface area contributed by atoms with Gasteiger partial charge < -0.3 is 14.4 Å². The summed E-state index contributed by atoms with van der Waals surface area (Å²) < 4.78 is 9.82. The van der Waals surface area contributed by atoms with E-state index >= 15 is 0 Å². The first-order valence-corrected chi connectivity index (χ1v) is 5.06. The van der Waals surface area contributed by atoms with Crippen LogP contribution in [0.4, 0.5) is 0 Å². The Morgan fingerprint density at radius 3 is 2.24 bits per heavy atom. The molecule has 0 radical (unpaired) electrons. The van der Waals surface area contributed by atoms with Crippen LogP contribution in [0.5, 0.6) is 5.75 Å². The quantitative estimate of drug-likeness (QED) is 0.731. The van der Waals surface area contributed by atoms with Gasteiger partial charge in [-0.25, -0.2) is 4.79 Å². The summed E-state index contributed by atoms with van der Waals surface area (Å²) >= 11 is 0. The molecule has 5 nitrogen and oxygen atoms in total. The molecular formula is C12H15NO4. The third kappa shape index (κ3) is 3.79. The smallest absolute Gasteiger partial charge is 0.338 e. The molecule has 0 unspecified atom stereocenters. The summed E-state index contributed by atoms with van der Waals surface area (Å²) in [5.74, 6) is -0.124. The number of benzene rings is 1. The van der Waals surface area contributed by atoms with Gasteiger partial charge in [0.05, 0.1) is 12.7 Å². The van der Waals surface area contributed by atoms with E-state index in [0.717, 1.165) is 0 Å². The van der Waals surface area contributed by atoms with Gasteiger partial charge in [0.15, 0.2) is 6.61 Å². The van der Waals surface area contributed by atoms with Crippen molar-refractivity contribution >= 4 is 11.9 Å². The highest BCUT2D eigenvalue weighted by Gasteiger charge is 2.11. The zero-order valence-electron chi connectivity index (χ0n) is 10.1. The molecule has 17 heavy (non-hydrogen) atoms. The van der Waals surface area contributed by atoms with Crippen molar-refractivity contribution in [2.45, 2.75) is 0 Å². The summed E-state index contributed by atoms with van der Waals surface area (Å²) in [6.45, 7) is -0.252. The number of carbonyl (C=O) groups excluding carboxylic acids is 2. The first-order chi connectivity index (χ1) is 8.04. The molecule has 0 aliphatic carbocycles. The Balaban J connectivity index is 2.55. The molecule has 0 spiro atoms. The molecule has 5 heteroatoms. The minimum absolute atomic E-state index is 0.252. The van der Waals surface area contributed by atoms with Crippen molar-refractivity contribution in [1.82, 2.24) is 4.90 Å². The van der Waals surface area contributed by atoms with Crippen LogP contribution in [-0.2, 0) is 9.53 Å². The van der Waals surface area contributed by atoms with Crippen LogP contribution in [0.25, 0.3) is 0 Å². The van der Waals surface area contributed by atoms with Crippen molar-refractivity contribution in [3.05, 3.63) is 29.8 Å². The molecule has 0 N–H and O–H groups in total. The Bertz CT molecular complexity index is 397. The summed E-state index contributed by atoms with van der Waals surface area (Å²) in [5.41, 5.74) is 0.386. The standard InChI is InChI=1S/C12H15NO4/c1-13(2)11(14)8-17-12(15)9-4-6-10(16-3)7-5-9/h4-7H,8H2,1-3H3. The number of carbonyl (C=O) groups is 2. The van der Waals surface area contributed by atoms with E-state index in [-0.39, 0.29) is 12.5 Å². The van der Waals surface area contributed by atoms with Gasteiger partial charge in [0, 0.05) is 14.1 Å². The third-order valence-electron chi connectivity index (χ3n) is 2.15. The summed E-state index contributed by atoms with van der Waals surface area (Å²) in [4.78, 5) is 24.1. The molecule has 0 saturated heterocycles. The van der Waals surface area contributed by atoms with Crippen LogP contribution in [-0.4, -0.2) is 44.6 Å². The second-order valence-corrected chi connectivity index (χ2v) is 3.59. The number of esters is 1. The third-order valence-corrected chi connectivity index (χ3v) is 2.15. The molecule has 0 aliphatic heterocycles. The number of methoxy groups -OCH3 is 1. The molecule has 1 aromatic rings. The van der Waals surface area contributed by atoms with Crippen molar-refractivity contribution in [3.63, 3.8) is 0 Å². The monoisotopic (exact) mass is 237 g/mol. The molecule has 0 atom stereocenters. The lowest BCUT2D eigenvalue weighted by molar-refractivity contribution is -0.131. The lowest BCUT2D eigenvalue weighted by Gasteiger charge is -2.10. The van der Waals surface area contributed by atoms with Gasteiger partial charge in [-0.15, -0.1) is 0 Å². The summed E-state index contributed by atoms with van der Waals surface area (Å²) in [6, 6.07) is 6.48. The second-order valence-electron chi connectivity index (χ2n) is 3.59. The topological polar surface area (TPSA) is 55.8 Å². The first-order valence-electron chi connectivity index (χ1n) is 5.06. The molecule has 1 amide bonds. The van der Waals surface area contributed by atoms with Gasteiger partial charge in [0.2, 0.25) is 0 Å². The zero-order valence-corrected chi connectivity index (χ0v) is 10.1. The van der Waals surface area contributed by atoms with Gasteiger partial charge in [-0.2, -0.15) is 0 Å². The minimum Gasteiger partial charge on any atom is -0.497 e. The number of amides is 1. The molecule has 0 heterocycles. The molecule has 0 aromatic heterocycles. The van der Waals surface area contributed by atoms with Crippen LogP contribution in [0.2, 0.25) is 0 Å². The molecule has 0 bridgehead atoms. The Hall–Kier alpha value is -2.04. The highest BCUT2D eigenvalue weighted by Crippen LogP contribution is 2.11. The predicted molar refractivity (Wildman–Crippen MR) is 62.0 cm³/mol. The van der Waals surface area contributed by atoms with Crippen molar-refractivity contribution in [2.24, 2.45) is 0 Å². The van der Waals surface area contributed by atoms with Crippen molar-refractivity contribution in [1.29, 1.82) is 0 Å². The van der Waals surface area contributed by atoms with Gasteiger partial charge in [-0.3, -0.25) is 4.79 Å². The predicted octanol–water partition coefficient (Wildman–Crippen LogP) is 0.940. The van der Waals surface area contributed by atoms with Crippen LogP contribution in [0.15, 0.2) is 24.3 Å². The summed E-state index contributed by atoms with van der Waals surface area (Å²) in [5, 5.41) is 0. The molecule has 1 rings (SSSR count). The number of hydrogen-bond donors (Lipinski definition) is 0. The fourth-order valence-electron chi connectivity index (χ4n) is 1.07. The SMILES string of the molecule is COc1ccc(C(=O)OCC(=O)N(C)C)cc1. The highest BCUT2D eigenvalue weighted by molar-refractivity contribution is 5.91. The van der Waals surface area contributed by atoms with Crippen molar-refractivity contribution < 1.29 is 19.1 Å². The van der Waals surface area contributed by atoms with Crippen molar-refractivity contribution in [3.8, 4) is 5.75 Å². The number of hydrogen-bond acceptors (Lipinski definition) is 4. The Kier molecular flexibility index (Phi) is 4.51. The largest absolute Gasteiger partial charge is 0.497 e. The molecule has 0 saturated carbocycles. The van der Waals surface area contributed by atoms with Crippen LogP contribution in [0.3, 0.4) is 0 Å². The molecule has 92 valence electrons. The lowest BCUT2D eigenvalue weighted by atomic mass is 10.2. The molecule has 1 aromatic carbocycles. The van der Waals surface area contributed by atoms with Gasteiger partial charge in [0.1, 0.15) is 5.75 Å². The first kappa shape index (κ1) is 13.0. The number of rotatable bonds is 4. The van der Waals surface area contributed by atoms with Gasteiger partial charge >= 0.3 is 5.97 Å². The van der Waals surface area contributed by atoms with E-state index in [1.54, 1.807) is 45.5 Å². The Morgan fingerprint density at radius 2 is 1.76 bits per heavy atom. The number of nitrogens with zero attached hydrogens (tertiary/aromatic N) is 1. The van der Waals surface area contributed by atoms with E-state index in [2.05, 4.69) is 0 Å². The molecule has 0 fully saturated rings. The van der Waals surface area contributed by atoms with Gasteiger partial charge in [-0.1, -0.05) is 0 Å². The summed E-state index contributed by atoms with van der Waals surface area (Å²) in [6.07, 6.45) is 0. The fraction of sp³-hybridized carbons (Fsp3) is 0.333. The van der Waals surface area contributed by atoms with E-state index in [4.69, 9.17) is 9.47 Å². The number of likely N-dealkylation sites (N-methyl/N-ethyl adjacent to an activating group) is 1. The zero-order chi connectivity index (χ0) is 12.8. The van der Waals surface area contributed by atoms with Crippen LogP contribution < -0.4 is 4.74 Å². The average molecular weight is 237 g/mol. The molecular weight excluding hydrogens is 222 g/mol. The van der Waals surface area contributed by atoms with E-state index in [0.29, 0.717) is 11.3 Å². The van der Waals surface area contributed by atoms with E-state index in [1.807, 2.05) is 0 Å². The van der Waals surface area contributed by atoms with Crippen LogP contribution >= 0.6 is 0 Å². The second kappa shape index (κ2) is 5.89.